The van der Waals surface area contributed by atoms with Crippen molar-refractivity contribution in [1.29, 1.82) is 10.7 Å². The van der Waals surface area contributed by atoms with Crippen LogP contribution in [0.3, 0.4) is 0 Å². The molecule has 1 unspecified atom stereocenters. The van der Waals surface area contributed by atoms with Gasteiger partial charge in [-0.3, -0.25) is 5.41 Å². The van der Waals surface area contributed by atoms with Crippen molar-refractivity contribution in [3.8, 4) is 17.3 Å². The van der Waals surface area contributed by atoms with E-state index in [2.05, 4.69) is 11.1 Å². The minimum atomic E-state index is -0.273. The molecule has 3 aromatic rings. The molecule has 6 heteroatoms. The number of benzene rings is 2. The van der Waals surface area contributed by atoms with Crippen molar-refractivity contribution in [2.75, 3.05) is 0 Å². The molecule has 5 nitrogen and oxygen atoms in total. The van der Waals surface area contributed by atoms with Gasteiger partial charge in [-0.25, -0.2) is 4.98 Å². The Morgan fingerprint density at radius 3 is 2.57 bits per heavy atom. The lowest BCUT2D eigenvalue weighted by atomic mass is 10.1. The Labute approximate surface area is 167 Å². The lowest BCUT2D eigenvalue weighted by molar-refractivity contribution is 0.281. The first-order valence-electron chi connectivity index (χ1n) is 8.87. The number of nitrogens with one attached hydrogen (secondary N) is 1. The van der Waals surface area contributed by atoms with Crippen LogP contribution in [0.5, 0.6) is 0 Å². The molecule has 0 saturated carbocycles. The molecule has 2 N–H and O–H groups in total. The third kappa shape index (κ3) is 3.17. The molecule has 0 bridgehead atoms. The van der Waals surface area contributed by atoms with Crippen LogP contribution in [0.4, 0.5) is 0 Å². The Hall–Kier alpha value is -3.43. The minimum Gasteiger partial charge on any atom is -0.509 e. The Kier molecular flexibility index (Phi) is 4.68. The van der Waals surface area contributed by atoms with Gasteiger partial charge in [-0.2, -0.15) is 5.26 Å². The summed E-state index contributed by atoms with van der Waals surface area (Å²) in [5.74, 6) is 0.469. The smallest absolute Gasteiger partial charge is 0.135 e. The summed E-state index contributed by atoms with van der Waals surface area (Å²) in [6.07, 6.45) is 0. The van der Waals surface area contributed by atoms with E-state index in [1.807, 2.05) is 59.7 Å². The second-order valence-corrected chi connectivity index (χ2v) is 7.48. The van der Waals surface area contributed by atoms with Gasteiger partial charge in [-0.05, 0) is 24.6 Å². The Morgan fingerprint density at radius 2 is 1.89 bits per heavy atom. The van der Waals surface area contributed by atoms with Gasteiger partial charge in [-0.15, -0.1) is 11.3 Å². The zero-order valence-electron chi connectivity index (χ0n) is 15.3. The van der Waals surface area contributed by atoms with Gasteiger partial charge in [-0.1, -0.05) is 42.5 Å². The summed E-state index contributed by atoms with van der Waals surface area (Å²) < 4.78 is 0. The van der Waals surface area contributed by atoms with Crippen LogP contribution in [-0.4, -0.2) is 26.9 Å². The zero-order valence-corrected chi connectivity index (χ0v) is 16.1. The lowest BCUT2D eigenvalue weighted by Gasteiger charge is -2.24. The van der Waals surface area contributed by atoms with Crippen LogP contribution in [0, 0.1) is 16.7 Å². The number of nitrogens with zero attached hydrogens (tertiary/aromatic N) is 3. The Balaban J connectivity index is 1.61. The number of rotatable bonds is 4. The number of hydrogen-bond donors (Lipinski definition) is 2. The van der Waals surface area contributed by atoms with Crippen molar-refractivity contribution in [3.05, 3.63) is 81.9 Å². The number of amidine groups is 1. The number of nitriles is 1. The van der Waals surface area contributed by atoms with E-state index >= 15 is 0 Å². The highest BCUT2D eigenvalue weighted by Gasteiger charge is 2.36. The summed E-state index contributed by atoms with van der Waals surface area (Å²) in [4.78, 5) is 6.52. The molecule has 4 rings (SSSR count). The van der Waals surface area contributed by atoms with Gasteiger partial charge >= 0.3 is 0 Å². The first kappa shape index (κ1) is 18.0. The average molecular weight is 386 g/mol. The molecule has 0 radical (unpaired) electrons. The standard InChI is InChI=1S/C22H18N4OS/c1-14-20(27)19(21(24)26(14)12-16-5-3-2-4-6-16)22-25-18(13-28-22)17-9-7-15(11-23)8-10-17/h2-10,13-14,24,27H,12H2,1H3. The number of aromatic nitrogens is 1. The molecule has 2 heterocycles. The first-order valence-corrected chi connectivity index (χ1v) is 9.75. The predicted molar refractivity (Wildman–Crippen MR) is 111 cm³/mol. The van der Waals surface area contributed by atoms with Crippen molar-refractivity contribution in [2.45, 2.75) is 19.5 Å². The van der Waals surface area contributed by atoms with Crippen LogP contribution in [0.1, 0.15) is 23.1 Å². The van der Waals surface area contributed by atoms with E-state index in [0.29, 0.717) is 22.7 Å². The number of aliphatic hydroxyl groups is 1. The molecule has 0 saturated heterocycles. The highest BCUT2D eigenvalue weighted by atomic mass is 32.1. The molecule has 0 fully saturated rings. The number of aliphatic hydroxyl groups excluding tert-OH is 1. The molecule has 1 aromatic heterocycles. The molecular formula is C22H18N4OS. The summed E-state index contributed by atoms with van der Waals surface area (Å²) in [7, 11) is 0. The van der Waals surface area contributed by atoms with E-state index < -0.39 is 0 Å². The molecule has 28 heavy (non-hydrogen) atoms. The van der Waals surface area contributed by atoms with E-state index in [9.17, 15) is 5.11 Å². The van der Waals surface area contributed by atoms with Crippen LogP contribution in [-0.2, 0) is 6.54 Å². The molecule has 1 aliphatic heterocycles. The van der Waals surface area contributed by atoms with E-state index in [1.54, 1.807) is 12.1 Å². The fraction of sp³-hybridized carbons (Fsp3) is 0.136. The molecule has 2 aromatic carbocycles. The minimum absolute atomic E-state index is 0.182. The predicted octanol–water partition coefficient (Wildman–Crippen LogP) is 4.83. The summed E-state index contributed by atoms with van der Waals surface area (Å²) in [6.45, 7) is 2.46. The van der Waals surface area contributed by atoms with Crippen LogP contribution in [0.2, 0.25) is 0 Å². The van der Waals surface area contributed by atoms with Gasteiger partial charge in [0.2, 0.25) is 0 Å². The van der Waals surface area contributed by atoms with Gasteiger partial charge in [0, 0.05) is 17.5 Å². The quantitative estimate of drug-likeness (QED) is 0.672. The first-order chi connectivity index (χ1) is 13.6. The van der Waals surface area contributed by atoms with E-state index in [-0.39, 0.29) is 17.6 Å². The molecule has 1 aliphatic rings. The van der Waals surface area contributed by atoms with Crippen molar-refractivity contribution in [3.63, 3.8) is 0 Å². The lowest BCUT2D eigenvalue weighted by Crippen LogP contribution is -2.32. The van der Waals surface area contributed by atoms with Gasteiger partial charge in [0.1, 0.15) is 16.6 Å². The normalized spacial score (nSPS) is 16.5. The second-order valence-electron chi connectivity index (χ2n) is 6.63. The van der Waals surface area contributed by atoms with Crippen molar-refractivity contribution in [2.24, 2.45) is 0 Å². The fourth-order valence-electron chi connectivity index (χ4n) is 3.26. The largest absolute Gasteiger partial charge is 0.509 e. The summed E-state index contributed by atoms with van der Waals surface area (Å²) >= 11 is 1.41. The van der Waals surface area contributed by atoms with Crippen molar-refractivity contribution >= 4 is 22.7 Å². The number of hydrogen-bond acceptors (Lipinski definition) is 5. The third-order valence-electron chi connectivity index (χ3n) is 4.87. The molecule has 1 atom stereocenters. The van der Waals surface area contributed by atoms with E-state index in [0.717, 1.165) is 16.8 Å². The maximum atomic E-state index is 10.7. The van der Waals surface area contributed by atoms with E-state index in [4.69, 9.17) is 10.7 Å². The van der Waals surface area contributed by atoms with Crippen LogP contribution in [0.15, 0.2) is 65.7 Å². The maximum absolute atomic E-state index is 10.7. The highest BCUT2D eigenvalue weighted by Crippen LogP contribution is 2.35. The number of thiazole rings is 1. The highest BCUT2D eigenvalue weighted by molar-refractivity contribution is 7.11. The molecule has 138 valence electrons. The average Bonchev–Trinajstić information content (AvgIpc) is 3.28. The van der Waals surface area contributed by atoms with Gasteiger partial charge in [0.05, 0.1) is 28.9 Å². The van der Waals surface area contributed by atoms with Crippen LogP contribution in [0.25, 0.3) is 16.8 Å². The van der Waals surface area contributed by atoms with Crippen LogP contribution < -0.4 is 0 Å². The van der Waals surface area contributed by atoms with Crippen molar-refractivity contribution < 1.29 is 5.11 Å². The summed E-state index contributed by atoms with van der Waals surface area (Å²) in [5, 5.41) is 30.8. The van der Waals surface area contributed by atoms with E-state index in [1.165, 1.54) is 11.3 Å². The monoisotopic (exact) mass is 386 g/mol. The SMILES string of the molecule is CC1C(O)=C(c2nc(-c3ccc(C#N)cc3)cs2)C(=N)N1Cc1ccccc1. The second kappa shape index (κ2) is 7.29. The third-order valence-corrected chi connectivity index (χ3v) is 5.73. The molecule has 0 spiro atoms. The molecular weight excluding hydrogens is 368 g/mol. The topological polar surface area (TPSA) is 84.0 Å². The van der Waals surface area contributed by atoms with Crippen molar-refractivity contribution in [1.82, 2.24) is 9.88 Å². The fourth-order valence-corrected chi connectivity index (χ4v) is 4.14. The summed E-state index contributed by atoms with van der Waals surface area (Å²) in [6, 6.07) is 19.0. The Bertz CT molecular complexity index is 1090. The van der Waals surface area contributed by atoms with Crippen LogP contribution >= 0.6 is 11.3 Å². The van der Waals surface area contributed by atoms with Gasteiger partial charge in [0.25, 0.3) is 0 Å². The van der Waals surface area contributed by atoms with Gasteiger partial charge < -0.3 is 10.0 Å². The molecule has 0 aliphatic carbocycles. The summed E-state index contributed by atoms with van der Waals surface area (Å²) in [5.41, 5.74) is 3.86. The Morgan fingerprint density at radius 1 is 1.18 bits per heavy atom. The zero-order chi connectivity index (χ0) is 19.7. The van der Waals surface area contributed by atoms with Gasteiger partial charge in [0.15, 0.2) is 0 Å². The maximum Gasteiger partial charge on any atom is 0.135 e. The molecule has 0 amide bonds.